The Morgan fingerprint density at radius 2 is 0.971 bits per heavy atom. The van der Waals surface area contributed by atoms with Crippen LogP contribution in [0.1, 0.15) is 22.3 Å². The number of hydrogen-bond acceptors (Lipinski definition) is 3. The minimum Gasteiger partial charge on any atom is -0.391 e. The Labute approximate surface area is 208 Å². The summed E-state index contributed by atoms with van der Waals surface area (Å²) < 4.78 is 0. The number of thioether (sulfide) groups is 1. The SMILES string of the molecule is O[C@@H](CSCc1ccccc1)[C@H](Cc1ccccc1)N(Cc1ccccc1)Cc1ccccc1. The lowest BCUT2D eigenvalue weighted by Crippen LogP contribution is -2.45. The van der Waals surface area contributed by atoms with E-state index in [4.69, 9.17) is 0 Å². The fraction of sp³-hybridized carbons (Fsp3) is 0.226. The van der Waals surface area contributed by atoms with Crippen molar-refractivity contribution in [2.45, 2.75) is 37.4 Å². The van der Waals surface area contributed by atoms with Crippen LogP contribution in [-0.4, -0.2) is 27.9 Å². The van der Waals surface area contributed by atoms with E-state index in [1.165, 1.54) is 22.3 Å². The van der Waals surface area contributed by atoms with Crippen molar-refractivity contribution in [2.24, 2.45) is 0 Å². The molecule has 0 fully saturated rings. The van der Waals surface area contributed by atoms with Gasteiger partial charge in [-0.05, 0) is 28.7 Å². The molecular formula is C31H33NOS. The van der Waals surface area contributed by atoms with Gasteiger partial charge < -0.3 is 5.11 Å². The second kappa shape index (κ2) is 13.1. The Morgan fingerprint density at radius 3 is 1.44 bits per heavy atom. The van der Waals surface area contributed by atoms with E-state index in [9.17, 15) is 5.11 Å². The van der Waals surface area contributed by atoms with E-state index < -0.39 is 6.10 Å². The van der Waals surface area contributed by atoms with Crippen LogP contribution in [0.4, 0.5) is 0 Å². The van der Waals surface area contributed by atoms with Crippen LogP contribution in [-0.2, 0) is 25.3 Å². The first kappa shape index (κ1) is 24.3. The molecule has 4 rings (SSSR count). The first-order valence-electron chi connectivity index (χ1n) is 11.9. The molecule has 1 N–H and O–H groups in total. The van der Waals surface area contributed by atoms with E-state index >= 15 is 0 Å². The van der Waals surface area contributed by atoms with Gasteiger partial charge in [0, 0.05) is 30.6 Å². The predicted molar refractivity (Wildman–Crippen MR) is 145 cm³/mol. The van der Waals surface area contributed by atoms with Crippen molar-refractivity contribution in [3.63, 3.8) is 0 Å². The van der Waals surface area contributed by atoms with Gasteiger partial charge in [-0.3, -0.25) is 4.90 Å². The summed E-state index contributed by atoms with van der Waals surface area (Å²) in [6, 6.07) is 42.2. The highest BCUT2D eigenvalue weighted by Gasteiger charge is 2.27. The molecule has 0 aromatic heterocycles. The van der Waals surface area contributed by atoms with Crippen molar-refractivity contribution in [1.82, 2.24) is 4.90 Å². The van der Waals surface area contributed by atoms with Crippen LogP contribution in [0.2, 0.25) is 0 Å². The standard InChI is InChI=1S/C31H33NOS/c33-31(25-34-24-29-19-11-4-12-20-29)30(21-26-13-5-1-6-14-26)32(22-27-15-7-2-8-16-27)23-28-17-9-3-10-18-28/h1-20,30-31,33H,21-25H2/t30-,31-/m0/s1. The van der Waals surface area contributed by atoms with Gasteiger partial charge in [0.25, 0.3) is 0 Å². The summed E-state index contributed by atoms with van der Waals surface area (Å²) in [4.78, 5) is 2.45. The van der Waals surface area contributed by atoms with Gasteiger partial charge in [0.1, 0.15) is 0 Å². The highest BCUT2D eigenvalue weighted by atomic mass is 32.2. The van der Waals surface area contributed by atoms with Crippen molar-refractivity contribution in [1.29, 1.82) is 0 Å². The maximum atomic E-state index is 11.5. The summed E-state index contributed by atoms with van der Waals surface area (Å²) in [6.07, 6.45) is 0.370. The summed E-state index contributed by atoms with van der Waals surface area (Å²) in [5.41, 5.74) is 5.08. The molecule has 0 aliphatic rings. The maximum Gasteiger partial charge on any atom is 0.0789 e. The summed E-state index contributed by atoms with van der Waals surface area (Å²) in [7, 11) is 0. The van der Waals surface area contributed by atoms with Gasteiger partial charge in [-0.1, -0.05) is 121 Å². The Balaban J connectivity index is 1.55. The fourth-order valence-corrected chi connectivity index (χ4v) is 5.28. The van der Waals surface area contributed by atoms with Crippen LogP contribution in [0.25, 0.3) is 0 Å². The lowest BCUT2D eigenvalue weighted by Gasteiger charge is -2.35. The average Bonchev–Trinajstić information content (AvgIpc) is 2.89. The third kappa shape index (κ3) is 7.59. The lowest BCUT2D eigenvalue weighted by atomic mass is 9.98. The number of nitrogens with zero attached hydrogens (tertiary/aromatic N) is 1. The molecular weight excluding hydrogens is 434 g/mol. The lowest BCUT2D eigenvalue weighted by molar-refractivity contribution is 0.0534. The predicted octanol–water partition coefficient (Wildman–Crippen LogP) is 6.59. The van der Waals surface area contributed by atoms with Crippen molar-refractivity contribution in [3.05, 3.63) is 144 Å². The van der Waals surface area contributed by atoms with Crippen molar-refractivity contribution in [3.8, 4) is 0 Å². The van der Waals surface area contributed by atoms with Crippen LogP contribution in [0.3, 0.4) is 0 Å². The molecule has 0 saturated carbocycles. The number of aliphatic hydroxyl groups is 1. The first-order chi connectivity index (χ1) is 16.8. The zero-order valence-electron chi connectivity index (χ0n) is 19.5. The van der Waals surface area contributed by atoms with Crippen LogP contribution in [0.5, 0.6) is 0 Å². The van der Waals surface area contributed by atoms with Crippen molar-refractivity contribution >= 4 is 11.8 Å². The van der Waals surface area contributed by atoms with Gasteiger partial charge in [-0.2, -0.15) is 11.8 Å². The summed E-state index contributed by atoms with van der Waals surface area (Å²) in [6.45, 7) is 1.60. The van der Waals surface area contributed by atoms with Gasteiger partial charge >= 0.3 is 0 Å². The largest absolute Gasteiger partial charge is 0.391 e. The number of benzene rings is 4. The molecule has 34 heavy (non-hydrogen) atoms. The molecule has 0 aliphatic heterocycles. The van der Waals surface area contributed by atoms with Gasteiger partial charge in [0.2, 0.25) is 0 Å². The van der Waals surface area contributed by atoms with Crippen molar-refractivity contribution in [2.75, 3.05) is 5.75 Å². The minimum atomic E-state index is -0.443. The van der Waals surface area contributed by atoms with Gasteiger partial charge in [0.15, 0.2) is 0 Å². The van der Waals surface area contributed by atoms with Crippen LogP contribution in [0, 0.1) is 0 Å². The molecule has 4 aromatic rings. The minimum absolute atomic E-state index is 0.00563. The van der Waals surface area contributed by atoms with Gasteiger partial charge in [-0.15, -0.1) is 0 Å². The van der Waals surface area contributed by atoms with Crippen LogP contribution < -0.4 is 0 Å². The number of rotatable bonds is 12. The van der Waals surface area contributed by atoms with E-state index in [1.54, 1.807) is 11.8 Å². The van der Waals surface area contributed by atoms with Crippen LogP contribution in [0.15, 0.2) is 121 Å². The fourth-order valence-electron chi connectivity index (χ4n) is 4.27. The molecule has 0 unspecified atom stereocenters. The average molecular weight is 468 g/mol. The smallest absolute Gasteiger partial charge is 0.0789 e. The van der Waals surface area contributed by atoms with E-state index in [2.05, 4.69) is 120 Å². The normalized spacial score (nSPS) is 13.0. The maximum absolute atomic E-state index is 11.5. The molecule has 0 spiro atoms. The summed E-state index contributed by atoms with van der Waals surface area (Å²) >= 11 is 1.81. The topological polar surface area (TPSA) is 23.5 Å². The molecule has 0 heterocycles. The molecule has 2 nitrogen and oxygen atoms in total. The highest BCUT2D eigenvalue weighted by molar-refractivity contribution is 7.98. The molecule has 0 aliphatic carbocycles. The molecule has 0 bridgehead atoms. The van der Waals surface area contributed by atoms with E-state index in [-0.39, 0.29) is 6.04 Å². The number of hydrogen-bond donors (Lipinski definition) is 1. The Bertz CT molecular complexity index is 1030. The summed E-state index contributed by atoms with van der Waals surface area (Å²) in [5.74, 6) is 1.61. The first-order valence-corrected chi connectivity index (χ1v) is 13.1. The second-order valence-corrected chi connectivity index (χ2v) is 9.73. The summed E-state index contributed by atoms with van der Waals surface area (Å²) in [5, 5.41) is 11.5. The Hall–Kier alpha value is -2.85. The third-order valence-corrected chi connectivity index (χ3v) is 7.17. The molecule has 4 aromatic carbocycles. The Morgan fingerprint density at radius 1 is 0.559 bits per heavy atom. The zero-order chi connectivity index (χ0) is 23.4. The quantitative estimate of drug-likeness (QED) is 0.254. The zero-order valence-corrected chi connectivity index (χ0v) is 20.4. The van der Waals surface area contributed by atoms with Gasteiger partial charge in [-0.25, -0.2) is 0 Å². The van der Waals surface area contributed by atoms with E-state index in [1.807, 2.05) is 6.07 Å². The monoisotopic (exact) mass is 467 g/mol. The molecule has 0 radical (unpaired) electrons. The number of aliphatic hydroxyl groups excluding tert-OH is 1. The van der Waals surface area contributed by atoms with Crippen molar-refractivity contribution < 1.29 is 5.11 Å². The highest BCUT2D eigenvalue weighted by Crippen LogP contribution is 2.23. The molecule has 174 valence electrons. The Kier molecular flexibility index (Phi) is 9.39. The molecule has 0 saturated heterocycles. The molecule has 2 atom stereocenters. The third-order valence-electron chi connectivity index (χ3n) is 6.06. The molecule has 3 heteroatoms. The van der Waals surface area contributed by atoms with Gasteiger partial charge in [0.05, 0.1) is 6.10 Å². The van der Waals surface area contributed by atoms with Crippen LogP contribution >= 0.6 is 11.8 Å². The van der Waals surface area contributed by atoms with E-state index in [0.29, 0.717) is 5.75 Å². The van der Waals surface area contributed by atoms with E-state index in [0.717, 1.165) is 25.3 Å². The molecule has 0 amide bonds. The second-order valence-electron chi connectivity index (χ2n) is 8.70.